The van der Waals surface area contributed by atoms with E-state index in [1.807, 2.05) is 41.1 Å². The number of carbonyl (C=O) groups excluding carboxylic acids is 1. The van der Waals surface area contributed by atoms with E-state index in [2.05, 4.69) is 10.5 Å². The molecule has 6 heteroatoms. The van der Waals surface area contributed by atoms with Crippen LogP contribution in [-0.2, 0) is 11.2 Å². The highest BCUT2D eigenvalue weighted by atomic mass is 35.5. The minimum absolute atomic E-state index is 0.107. The molecule has 3 aromatic rings. The first-order chi connectivity index (χ1) is 11.1. The van der Waals surface area contributed by atoms with Gasteiger partial charge in [-0.2, -0.15) is 11.3 Å². The molecule has 1 N–H and O–H groups in total. The molecular weight excluding hydrogens is 332 g/mol. The van der Waals surface area contributed by atoms with Gasteiger partial charge in [-0.05, 0) is 47.0 Å². The van der Waals surface area contributed by atoms with Crippen LogP contribution in [0.5, 0.6) is 0 Å². The molecular formula is C17H15ClN2O2S. The van der Waals surface area contributed by atoms with Crippen LogP contribution in [0.1, 0.15) is 28.6 Å². The van der Waals surface area contributed by atoms with Gasteiger partial charge >= 0.3 is 0 Å². The molecule has 2 heterocycles. The lowest BCUT2D eigenvalue weighted by atomic mass is 10.0. The molecule has 0 aliphatic carbocycles. The second-order valence-corrected chi connectivity index (χ2v) is 6.43. The molecule has 1 aromatic carbocycles. The Morgan fingerprint density at radius 1 is 1.30 bits per heavy atom. The first-order valence-electron chi connectivity index (χ1n) is 7.11. The van der Waals surface area contributed by atoms with Crippen LogP contribution in [0.15, 0.2) is 51.7 Å². The second-order valence-electron chi connectivity index (χ2n) is 5.21. The maximum atomic E-state index is 12.4. The monoisotopic (exact) mass is 346 g/mol. The smallest absolute Gasteiger partial charge is 0.226 e. The molecule has 0 bridgehead atoms. The molecule has 0 saturated heterocycles. The van der Waals surface area contributed by atoms with Gasteiger partial charge in [-0.3, -0.25) is 4.79 Å². The zero-order chi connectivity index (χ0) is 16.2. The highest BCUT2D eigenvalue weighted by Gasteiger charge is 2.18. The number of aromatic nitrogens is 1. The van der Waals surface area contributed by atoms with Crippen LogP contribution in [0, 0.1) is 6.92 Å². The van der Waals surface area contributed by atoms with Crippen molar-refractivity contribution in [2.75, 3.05) is 0 Å². The molecule has 0 aliphatic heterocycles. The number of thiophene rings is 1. The molecule has 0 unspecified atom stereocenters. The number of hydrogen-bond donors (Lipinski definition) is 1. The Labute approximate surface area is 143 Å². The number of hydrogen-bond acceptors (Lipinski definition) is 4. The first kappa shape index (κ1) is 15.8. The summed E-state index contributed by atoms with van der Waals surface area (Å²) in [7, 11) is 0. The average Bonchev–Trinajstić information content (AvgIpc) is 3.18. The van der Waals surface area contributed by atoms with Crippen molar-refractivity contribution in [2.45, 2.75) is 19.4 Å². The number of nitrogens with zero attached hydrogens (tertiary/aromatic N) is 1. The maximum Gasteiger partial charge on any atom is 0.226 e. The van der Waals surface area contributed by atoms with E-state index in [-0.39, 0.29) is 18.4 Å². The van der Waals surface area contributed by atoms with Crippen molar-refractivity contribution in [3.05, 3.63) is 74.8 Å². The Morgan fingerprint density at radius 3 is 2.70 bits per heavy atom. The Bertz CT molecular complexity index is 781. The molecule has 118 valence electrons. The van der Waals surface area contributed by atoms with E-state index < -0.39 is 0 Å². The number of rotatable bonds is 5. The van der Waals surface area contributed by atoms with E-state index in [0.717, 1.165) is 11.1 Å². The highest BCUT2D eigenvalue weighted by molar-refractivity contribution is 7.08. The molecule has 3 rings (SSSR count). The van der Waals surface area contributed by atoms with E-state index in [1.54, 1.807) is 24.3 Å². The van der Waals surface area contributed by atoms with Crippen molar-refractivity contribution in [1.29, 1.82) is 0 Å². The third-order valence-electron chi connectivity index (χ3n) is 3.40. The van der Waals surface area contributed by atoms with Crippen molar-refractivity contribution >= 4 is 28.8 Å². The summed E-state index contributed by atoms with van der Waals surface area (Å²) in [6, 6.07) is 11.0. The summed E-state index contributed by atoms with van der Waals surface area (Å²) in [4.78, 5) is 12.4. The predicted molar refractivity (Wildman–Crippen MR) is 90.7 cm³/mol. The molecule has 23 heavy (non-hydrogen) atoms. The lowest BCUT2D eigenvalue weighted by molar-refractivity contribution is -0.121. The van der Waals surface area contributed by atoms with Crippen molar-refractivity contribution in [2.24, 2.45) is 0 Å². The van der Waals surface area contributed by atoms with Crippen molar-refractivity contribution in [1.82, 2.24) is 10.5 Å². The van der Waals surface area contributed by atoms with Crippen LogP contribution in [0.4, 0.5) is 0 Å². The quantitative estimate of drug-likeness (QED) is 0.755. The van der Waals surface area contributed by atoms with E-state index in [4.69, 9.17) is 16.1 Å². The van der Waals surface area contributed by atoms with Gasteiger partial charge in [0, 0.05) is 11.1 Å². The van der Waals surface area contributed by atoms with Gasteiger partial charge in [0.15, 0.2) is 0 Å². The Balaban J connectivity index is 1.78. The molecule has 0 spiro atoms. The first-order valence-corrected chi connectivity index (χ1v) is 8.43. The fourth-order valence-corrected chi connectivity index (χ4v) is 3.14. The standard InChI is InChI=1S/C17H15ClN2O2S/c1-11-8-15(20-22-11)9-16(21)19-17(13-6-7-23-10-13)12-2-4-14(18)5-3-12/h2-8,10,17H,9H2,1H3,(H,19,21)/t17-/m0/s1. The topological polar surface area (TPSA) is 55.1 Å². The number of halogens is 1. The largest absolute Gasteiger partial charge is 0.361 e. The number of carbonyl (C=O) groups is 1. The van der Waals surface area contributed by atoms with Crippen molar-refractivity contribution in [3.8, 4) is 0 Å². The van der Waals surface area contributed by atoms with Crippen LogP contribution >= 0.6 is 22.9 Å². The van der Waals surface area contributed by atoms with Gasteiger partial charge in [0.05, 0.1) is 18.2 Å². The summed E-state index contributed by atoms with van der Waals surface area (Å²) in [6.45, 7) is 1.80. The molecule has 2 aromatic heterocycles. The lowest BCUT2D eigenvalue weighted by Crippen LogP contribution is -2.30. The fraction of sp³-hybridized carbons (Fsp3) is 0.176. The summed E-state index contributed by atoms with van der Waals surface area (Å²) in [6.07, 6.45) is 0.186. The zero-order valence-corrected chi connectivity index (χ0v) is 14.0. The fourth-order valence-electron chi connectivity index (χ4n) is 2.33. The molecule has 0 aliphatic rings. The van der Waals surface area contributed by atoms with Gasteiger partial charge in [-0.1, -0.05) is 28.9 Å². The van der Waals surface area contributed by atoms with Gasteiger partial charge in [0.25, 0.3) is 0 Å². The number of amides is 1. The van der Waals surface area contributed by atoms with Gasteiger partial charge in [0.2, 0.25) is 5.91 Å². The van der Waals surface area contributed by atoms with E-state index in [0.29, 0.717) is 16.5 Å². The molecule has 1 amide bonds. The summed E-state index contributed by atoms with van der Waals surface area (Å²) in [5.41, 5.74) is 2.65. The predicted octanol–water partition coefficient (Wildman–Crippen LogP) is 4.15. The summed E-state index contributed by atoms with van der Waals surface area (Å²) in [5, 5.41) is 11.6. The van der Waals surface area contributed by atoms with Crippen LogP contribution in [-0.4, -0.2) is 11.1 Å². The zero-order valence-electron chi connectivity index (χ0n) is 12.5. The molecule has 0 fully saturated rings. The third-order valence-corrected chi connectivity index (χ3v) is 4.36. The van der Waals surface area contributed by atoms with Gasteiger partial charge < -0.3 is 9.84 Å². The number of aryl methyl sites for hydroxylation is 1. The maximum absolute atomic E-state index is 12.4. The molecule has 4 nitrogen and oxygen atoms in total. The van der Waals surface area contributed by atoms with Gasteiger partial charge in [0.1, 0.15) is 5.76 Å². The van der Waals surface area contributed by atoms with Gasteiger partial charge in [-0.15, -0.1) is 0 Å². The molecule has 1 atom stereocenters. The molecule has 0 saturated carbocycles. The SMILES string of the molecule is Cc1cc(CC(=O)N[C@@H](c2ccc(Cl)cc2)c2ccsc2)no1. The Hall–Kier alpha value is -2.11. The highest BCUT2D eigenvalue weighted by Crippen LogP contribution is 2.25. The third kappa shape index (κ3) is 4.00. The van der Waals surface area contributed by atoms with Crippen molar-refractivity contribution in [3.63, 3.8) is 0 Å². The van der Waals surface area contributed by atoms with Crippen LogP contribution in [0.25, 0.3) is 0 Å². The normalized spacial score (nSPS) is 12.1. The summed E-state index contributed by atoms with van der Waals surface area (Å²) in [5.74, 6) is 0.587. The average molecular weight is 347 g/mol. The van der Waals surface area contributed by atoms with Crippen LogP contribution < -0.4 is 5.32 Å². The lowest BCUT2D eigenvalue weighted by Gasteiger charge is -2.18. The summed E-state index contributed by atoms with van der Waals surface area (Å²) >= 11 is 7.55. The Kier molecular flexibility index (Phi) is 4.79. The van der Waals surface area contributed by atoms with E-state index in [1.165, 1.54) is 0 Å². The van der Waals surface area contributed by atoms with Crippen LogP contribution in [0.2, 0.25) is 5.02 Å². The summed E-state index contributed by atoms with van der Waals surface area (Å²) < 4.78 is 5.00. The van der Waals surface area contributed by atoms with Gasteiger partial charge in [-0.25, -0.2) is 0 Å². The Morgan fingerprint density at radius 2 is 2.09 bits per heavy atom. The molecule has 0 radical (unpaired) electrons. The second kappa shape index (κ2) is 6.98. The minimum atomic E-state index is -0.209. The van der Waals surface area contributed by atoms with Crippen LogP contribution in [0.3, 0.4) is 0 Å². The van der Waals surface area contributed by atoms with E-state index in [9.17, 15) is 4.79 Å². The number of nitrogens with one attached hydrogen (secondary N) is 1. The number of benzene rings is 1. The van der Waals surface area contributed by atoms with E-state index >= 15 is 0 Å². The minimum Gasteiger partial charge on any atom is -0.361 e. The van der Waals surface area contributed by atoms with Crippen molar-refractivity contribution < 1.29 is 9.32 Å².